The Hall–Kier alpha value is -2.38. The van der Waals surface area contributed by atoms with Crippen LogP contribution in [0.5, 0.6) is 5.75 Å². The zero-order valence-corrected chi connectivity index (χ0v) is 15.3. The molecule has 0 saturated carbocycles. The predicted molar refractivity (Wildman–Crippen MR) is 102 cm³/mol. The molecule has 7 heteroatoms. The first-order chi connectivity index (χ1) is 12.2. The van der Waals surface area contributed by atoms with Gasteiger partial charge >= 0.3 is 0 Å². The van der Waals surface area contributed by atoms with E-state index in [1.54, 1.807) is 11.3 Å². The number of carbonyl (C=O) groups is 1. The molecule has 4 aromatic rings. The van der Waals surface area contributed by atoms with Crippen LogP contribution in [0.3, 0.4) is 0 Å². The van der Waals surface area contributed by atoms with E-state index in [0.717, 1.165) is 27.5 Å². The highest BCUT2D eigenvalue weighted by Gasteiger charge is 2.14. The number of thiophene rings is 1. The second-order valence-corrected chi connectivity index (χ2v) is 7.65. The summed E-state index contributed by atoms with van der Waals surface area (Å²) in [5.74, 6) is 0.814. The molecule has 0 saturated heterocycles. The van der Waals surface area contributed by atoms with Gasteiger partial charge < -0.3 is 10.1 Å². The molecule has 0 aliphatic carbocycles. The van der Waals surface area contributed by atoms with Crippen molar-refractivity contribution < 1.29 is 9.53 Å². The standard InChI is InChI=1S/C18H17N3O2S2/c1-12-4-2-5-13(10-12)23-8-3-6-19-16(22)15-11-14-17(25-15)20-18-21(14)7-9-24-18/h2,4-5,7,9-11H,3,6,8H2,1H3,(H,19,22). The maximum absolute atomic E-state index is 12.3. The number of hydrogen-bond acceptors (Lipinski definition) is 5. The number of ether oxygens (including phenoxy) is 1. The van der Waals surface area contributed by atoms with Gasteiger partial charge in [-0.1, -0.05) is 12.1 Å². The summed E-state index contributed by atoms with van der Waals surface area (Å²) in [4.78, 5) is 19.4. The maximum Gasteiger partial charge on any atom is 0.261 e. The summed E-state index contributed by atoms with van der Waals surface area (Å²) in [6.45, 7) is 3.20. The Morgan fingerprint density at radius 2 is 2.28 bits per heavy atom. The number of aryl methyl sites for hydroxylation is 1. The SMILES string of the molecule is Cc1cccc(OCCCNC(=O)c2cc3c(nc4sccn43)s2)c1. The van der Waals surface area contributed by atoms with Crippen molar-refractivity contribution in [1.82, 2.24) is 14.7 Å². The van der Waals surface area contributed by atoms with E-state index in [4.69, 9.17) is 4.74 Å². The smallest absolute Gasteiger partial charge is 0.261 e. The molecule has 0 aliphatic rings. The summed E-state index contributed by atoms with van der Waals surface area (Å²) in [6, 6.07) is 9.87. The van der Waals surface area contributed by atoms with Crippen LogP contribution >= 0.6 is 22.7 Å². The van der Waals surface area contributed by atoms with Crippen LogP contribution in [0.2, 0.25) is 0 Å². The molecule has 0 bridgehead atoms. The number of nitrogens with one attached hydrogen (secondary N) is 1. The Morgan fingerprint density at radius 3 is 3.16 bits per heavy atom. The third-order valence-electron chi connectivity index (χ3n) is 3.83. The van der Waals surface area contributed by atoms with Gasteiger partial charge in [0.15, 0.2) is 4.96 Å². The van der Waals surface area contributed by atoms with Crippen LogP contribution in [0.25, 0.3) is 15.3 Å². The number of amides is 1. The number of benzene rings is 1. The van der Waals surface area contributed by atoms with E-state index in [0.29, 0.717) is 18.0 Å². The molecule has 1 N–H and O–H groups in total. The average Bonchev–Trinajstić information content (AvgIpc) is 3.26. The first-order valence-electron chi connectivity index (χ1n) is 8.03. The van der Waals surface area contributed by atoms with Crippen LogP contribution in [0.4, 0.5) is 0 Å². The van der Waals surface area contributed by atoms with Crippen LogP contribution in [-0.4, -0.2) is 28.4 Å². The van der Waals surface area contributed by atoms with Gasteiger partial charge in [-0.15, -0.1) is 22.7 Å². The molecular weight excluding hydrogens is 354 g/mol. The molecule has 3 heterocycles. The molecule has 3 aromatic heterocycles. The summed E-state index contributed by atoms with van der Waals surface area (Å²) in [7, 11) is 0. The highest BCUT2D eigenvalue weighted by Crippen LogP contribution is 2.28. The quantitative estimate of drug-likeness (QED) is 0.519. The number of rotatable bonds is 6. The van der Waals surface area contributed by atoms with E-state index in [1.807, 2.05) is 53.2 Å². The van der Waals surface area contributed by atoms with Gasteiger partial charge in [-0.3, -0.25) is 9.20 Å². The maximum atomic E-state index is 12.3. The largest absolute Gasteiger partial charge is 0.494 e. The molecular formula is C18H17N3O2S2. The minimum Gasteiger partial charge on any atom is -0.494 e. The lowest BCUT2D eigenvalue weighted by atomic mass is 10.2. The van der Waals surface area contributed by atoms with E-state index in [-0.39, 0.29) is 5.91 Å². The van der Waals surface area contributed by atoms with E-state index >= 15 is 0 Å². The third kappa shape index (κ3) is 3.38. The zero-order chi connectivity index (χ0) is 17.2. The monoisotopic (exact) mass is 371 g/mol. The highest BCUT2D eigenvalue weighted by molar-refractivity contribution is 7.21. The normalized spacial score (nSPS) is 11.2. The number of nitrogens with zero attached hydrogens (tertiary/aromatic N) is 2. The molecule has 5 nitrogen and oxygen atoms in total. The van der Waals surface area contributed by atoms with Gasteiger partial charge in [0.25, 0.3) is 5.91 Å². The molecule has 128 valence electrons. The Morgan fingerprint density at radius 1 is 1.36 bits per heavy atom. The predicted octanol–water partition coefficient (Wildman–Crippen LogP) is 4.12. The first kappa shape index (κ1) is 16.1. The minimum absolute atomic E-state index is 0.0532. The second kappa shape index (κ2) is 6.85. The van der Waals surface area contributed by atoms with Gasteiger partial charge in [0.2, 0.25) is 0 Å². The fourth-order valence-electron chi connectivity index (χ4n) is 2.62. The van der Waals surface area contributed by atoms with Crippen molar-refractivity contribution >= 4 is 43.9 Å². The summed E-state index contributed by atoms with van der Waals surface area (Å²) < 4.78 is 7.71. The van der Waals surface area contributed by atoms with Crippen LogP contribution in [0.15, 0.2) is 41.9 Å². The summed E-state index contributed by atoms with van der Waals surface area (Å²) in [5.41, 5.74) is 2.17. The minimum atomic E-state index is -0.0532. The summed E-state index contributed by atoms with van der Waals surface area (Å²) >= 11 is 3.02. The molecule has 0 unspecified atom stereocenters. The molecule has 0 aliphatic heterocycles. The van der Waals surface area contributed by atoms with Crippen molar-refractivity contribution in [2.45, 2.75) is 13.3 Å². The summed E-state index contributed by atoms with van der Waals surface area (Å²) in [5, 5.41) is 4.94. The second-order valence-electron chi connectivity index (χ2n) is 5.74. The van der Waals surface area contributed by atoms with E-state index in [1.165, 1.54) is 16.9 Å². The van der Waals surface area contributed by atoms with E-state index in [9.17, 15) is 4.79 Å². The van der Waals surface area contributed by atoms with Crippen molar-refractivity contribution in [3.8, 4) is 5.75 Å². The average molecular weight is 371 g/mol. The number of thiazole rings is 1. The van der Waals surface area contributed by atoms with Crippen LogP contribution < -0.4 is 10.1 Å². The van der Waals surface area contributed by atoms with E-state index < -0.39 is 0 Å². The number of hydrogen-bond donors (Lipinski definition) is 1. The van der Waals surface area contributed by atoms with Crippen LogP contribution in [0, 0.1) is 6.92 Å². The lowest BCUT2D eigenvalue weighted by molar-refractivity contribution is 0.0955. The molecule has 0 radical (unpaired) electrons. The molecule has 0 fully saturated rings. The van der Waals surface area contributed by atoms with Crippen molar-refractivity contribution in [3.63, 3.8) is 0 Å². The van der Waals surface area contributed by atoms with Gasteiger partial charge in [-0.05, 0) is 37.1 Å². The molecule has 1 aromatic carbocycles. The highest BCUT2D eigenvalue weighted by atomic mass is 32.1. The fraction of sp³-hybridized carbons (Fsp3) is 0.222. The van der Waals surface area contributed by atoms with Crippen molar-refractivity contribution in [2.75, 3.05) is 13.2 Å². The summed E-state index contributed by atoms with van der Waals surface area (Å²) in [6.07, 6.45) is 2.74. The van der Waals surface area contributed by atoms with Gasteiger partial charge in [0.1, 0.15) is 10.6 Å². The third-order valence-corrected chi connectivity index (χ3v) is 5.60. The Balaban J connectivity index is 1.29. The fourth-order valence-corrected chi connectivity index (χ4v) is 4.33. The topological polar surface area (TPSA) is 55.6 Å². The first-order valence-corrected chi connectivity index (χ1v) is 9.73. The van der Waals surface area contributed by atoms with Crippen LogP contribution in [0.1, 0.15) is 21.7 Å². The Bertz CT molecular complexity index is 1030. The van der Waals surface area contributed by atoms with Crippen LogP contribution in [-0.2, 0) is 0 Å². The number of aromatic nitrogens is 2. The number of carbonyl (C=O) groups excluding carboxylic acids is 1. The number of imidazole rings is 1. The lowest BCUT2D eigenvalue weighted by Crippen LogP contribution is -2.24. The Kier molecular flexibility index (Phi) is 4.42. The van der Waals surface area contributed by atoms with Gasteiger partial charge in [-0.2, -0.15) is 0 Å². The van der Waals surface area contributed by atoms with Gasteiger partial charge in [-0.25, -0.2) is 4.98 Å². The molecule has 4 rings (SSSR count). The molecule has 1 amide bonds. The van der Waals surface area contributed by atoms with Gasteiger partial charge in [0.05, 0.1) is 17.0 Å². The number of fused-ring (bicyclic) bond motifs is 3. The molecule has 0 atom stereocenters. The van der Waals surface area contributed by atoms with Gasteiger partial charge in [0, 0.05) is 18.1 Å². The van der Waals surface area contributed by atoms with E-state index in [2.05, 4.69) is 10.3 Å². The van der Waals surface area contributed by atoms with Crippen molar-refractivity contribution in [1.29, 1.82) is 0 Å². The lowest BCUT2D eigenvalue weighted by Gasteiger charge is -2.07. The zero-order valence-electron chi connectivity index (χ0n) is 13.7. The Labute approximate surface area is 152 Å². The van der Waals surface area contributed by atoms with Crippen molar-refractivity contribution in [3.05, 3.63) is 52.3 Å². The molecule has 0 spiro atoms. The molecule has 25 heavy (non-hydrogen) atoms. The van der Waals surface area contributed by atoms with Crippen molar-refractivity contribution in [2.24, 2.45) is 0 Å².